The van der Waals surface area contributed by atoms with Crippen molar-refractivity contribution in [2.45, 2.75) is 127 Å². The van der Waals surface area contributed by atoms with Crippen LogP contribution in [0.4, 0.5) is 0 Å². The highest BCUT2D eigenvalue weighted by molar-refractivity contribution is 5.79. The molecule has 0 amide bonds. The third kappa shape index (κ3) is 11.8. The fourth-order valence-corrected chi connectivity index (χ4v) is 9.12. The van der Waals surface area contributed by atoms with Crippen LogP contribution in [0.1, 0.15) is 110 Å². The van der Waals surface area contributed by atoms with E-state index in [9.17, 15) is 0 Å². The number of aryl methyl sites for hydroxylation is 8. The first-order chi connectivity index (χ1) is 32.6. The molecule has 1 aromatic heterocycles. The summed E-state index contributed by atoms with van der Waals surface area (Å²) in [5.74, 6) is 4.68. The molecule has 5 aliphatic rings. The van der Waals surface area contributed by atoms with Crippen LogP contribution in [0.15, 0.2) is 108 Å². The second-order valence-corrected chi connectivity index (χ2v) is 19.3. The summed E-state index contributed by atoms with van der Waals surface area (Å²) in [7, 11) is 0. The van der Waals surface area contributed by atoms with Gasteiger partial charge >= 0.3 is 0 Å². The number of hydrogen-bond donors (Lipinski definition) is 0. The SMILES string of the molecule is Cc1ccc2c(c1C)CC=C2.Cc1ccc2c(c1C)CCC2.Cc1ccc2c(c1C)OCCO2.Cc1ccc2c(c1C)OCO2.Cc1cccc2c1OC(C)(C)CC2.Cc1cccc2ccoc12. The zero-order valence-corrected chi connectivity index (χ0v) is 42.7. The Morgan fingerprint density at radius 3 is 1.82 bits per heavy atom. The molecule has 0 unspecified atom stereocenters. The second kappa shape index (κ2) is 22.1. The summed E-state index contributed by atoms with van der Waals surface area (Å²) in [5, 5.41) is 1.18. The topological polar surface area (TPSA) is 59.3 Å². The molecule has 6 aromatic carbocycles. The third-order valence-electron chi connectivity index (χ3n) is 14.0. The van der Waals surface area contributed by atoms with Gasteiger partial charge in [0.25, 0.3) is 0 Å². The molecular weight excluding hydrogens is 841 g/mol. The zero-order valence-electron chi connectivity index (χ0n) is 42.7. The molecule has 0 bridgehead atoms. The molecule has 0 spiro atoms. The van der Waals surface area contributed by atoms with Crippen molar-refractivity contribution in [3.8, 4) is 28.7 Å². The highest BCUT2D eigenvalue weighted by Crippen LogP contribution is 2.38. The average Bonchev–Trinajstić information content (AvgIpc) is 4.19. The summed E-state index contributed by atoms with van der Waals surface area (Å²) in [6.07, 6.45) is 13.5. The lowest BCUT2D eigenvalue weighted by atomic mass is 9.93. The molecule has 356 valence electrons. The van der Waals surface area contributed by atoms with Gasteiger partial charge in [0, 0.05) is 5.39 Å². The molecule has 0 fully saturated rings. The van der Waals surface area contributed by atoms with Gasteiger partial charge in [-0.25, -0.2) is 0 Å². The van der Waals surface area contributed by atoms with Crippen molar-refractivity contribution in [3.63, 3.8) is 0 Å². The molecule has 0 atom stereocenters. The lowest BCUT2D eigenvalue weighted by Gasteiger charge is -2.33. The van der Waals surface area contributed by atoms with E-state index in [1.54, 1.807) is 17.4 Å². The van der Waals surface area contributed by atoms with Gasteiger partial charge in [0.1, 0.15) is 30.1 Å². The maximum absolute atomic E-state index is 5.95. The Kier molecular flexibility index (Phi) is 16.1. The van der Waals surface area contributed by atoms with E-state index in [1.165, 1.54) is 97.0 Å². The Hall–Kier alpha value is -6.40. The number of benzene rings is 6. The molecule has 0 N–H and O–H groups in total. The first kappa shape index (κ1) is 49.5. The zero-order chi connectivity index (χ0) is 48.5. The Bertz CT molecular complexity index is 2810. The van der Waals surface area contributed by atoms with Crippen molar-refractivity contribution in [1.29, 1.82) is 0 Å². The average molecular weight is 913 g/mol. The number of allylic oxidation sites excluding steroid dienone is 1. The van der Waals surface area contributed by atoms with E-state index in [2.05, 4.69) is 130 Å². The standard InChI is InChI=1S/C12H16O.C11H14.C11H12.C10H12O2.C9H10O2.C9H8O/c1-9-5-4-6-10-7-8-12(2,3)13-11(9)10;2*1-8-6-7-10-4-3-5-11(10)9(8)2;1-7-3-4-9-10(8(7)2)12-6-5-11-9;1-6-3-4-8-9(7(6)2)11-5-10-8;1-7-3-2-4-8-5-6-10-9(7)8/h4-6H,7-8H2,1-3H3;6-7H,3-5H2,1-2H3;3-4,6-7H,5H2,1-2H3;3-4H,5-6H2,1-2H3;3-4H,5H2,1-2H3;2-6H,1H3. The van der Waals surface area contributed by atoms with Crippen LogP contribution in [-0.2, 0) is 25.7 Å². The van der Waals surface area contributed by atoms with Gasteiger partial charge < -0.3 is 28.1 Å². The summed E-state index contributed by atoms with van der Waals surface area (Å²) < 4.78 is 32.6. The van der Waals surface area contributed by atoms with Gasteiger partial charge in [-0.15, -0.1) is 0 Å². The van der Waals surface area contributed by atoms with Gasteiger partial charge in [-0.1, -0.05) is 84.9 Å². The van der Waals surface area contributed by atoms with Crippen LogP contribution in [0.2, 0.25) is 0 Å². The van der Waals surface area contributed by atoms with Crippen molar-refractivity contribution in [2.75, 3.05) is 20.0 Å². The largest absolute Gasteiger partial charge is 0.487 e. The maximum atomic E-state index is 5.95. The van der Waals surface area contributed by atoms with Crippen molar-refractivity contribution in [2.24, 2.45) is 0 Å². The Labute approximate surface area is 406 Å². The monoisotopic (exact) mass is 913 g/mol. The molecule has 0 saturated carbocycles. The van der Waals surface area contributed by atoms with Crippen LogP contribution in [0.3, 0.4) is 0 Å². The van der Waals surface area contributed by atoms with E-state index in [4.69, 9.17) is 28.1 Å². The Morgan fingerprint density at radius 2 is 1.09 bits per heavy atom. The first-order valence-corrected chi connectivity index (χ1v) is 24.4. The summed E-state index contributed by atoms with van der Waals surface area (Å²) in [6.45, 7) is 27.2. The van der Waals surface area contributed by atoms with Gasteiger partial charge in [-0.05, 0) is 223 Å². The minimum atomic E-state index is 0.0130. The number of ether oxygens (including phenoxy) is 5. The minimum absolute atomic E-state index is 0.0130. The van der Waals surface area contributed by atoms with Crippen LogP contribution in [0, 0.1) is 69.2 Å². The van der Waals surface area contributed by atoms with Crippen molar-refractivity contribution in [1.82, 2.24) is 0 Å². The van der Waals surface area contributed by atoms with Gasteiger partial charge in [0.05, 0.1) is 6.26 Å². The lowest BCUT2D eigenvalue weighted by Crippen LogP contribution is -2.32. The fraction of sp³-hybridized carbons (Fsp3) is 0.355. The number of rotatable bonds is 0. The molecule has 6 heteroatoms. The van der Waals surface area contributed by atoms with Crippen molar-refractivity contribution >= 4 is 17.0 Å². The highest BCUT2D eigenvalue weighted by atomic mass is 16.7. The number of furan rings is 1. The summed E-state index contributed by atoms with van der Waals surface area (Å²) in [6, 6.07) is 31.5. The van der Waals surface area contributed by atoms with Gasteiger partial charge in [-0.3, -0.25) is 0 Å². The van der Waals surface area contributed by atoms with Crippen molar-refractivity contribution in [3.05, 3.63) is 187 Å². The molecule has 6 nitrogen and oxygen atoms in total. The molecule has 0 radical (unpaired) electrons. The van der Waals surface area contributed by atoms with Crippen LogP contribution >= 0.6 is 0 Å². The van der Waals surface area contributed by atoms with E-state index < -0.39 is 0 Å². The summed E-state index contributed by atoms with van der Waals surface area (Å²) >= 11 is 0. The highest BCUT2D eigenvalue weighted by Gasteiger charge is 2.27. The van der Waals surface area contributed by atoms with E-state index >= 15 is 0 Å². The van der Waals surface area contributed by atoms with E-state index in [0.29, 0.717) is 20.0 Å². The second-order valence-electron chi connectivity index (χ2n) is 19.3. The third-order valence-corrected chi connectivity index (χ3v) is 14.0. The first-order valence-electron chi connectivity index (χ1n) is 24.4. The Morgan fingerprint density at radius 1 is 0.471 bits per heavy atom. The van der Waals surface area contributed by atoms with Crippen molar-refractivity contribution < 1.29 is 28.1 Å². The van der Waals surface area contributed by atoms with E-state index in [1.807, 2.05) is 56.3 Å². The lowest BCUT2D eigenvalue weighted by molar-refractivity contribution is 0.0837. The molecule has 4 heterocycles. The van der Waals surface area contributed by atoms with Crippen LogP contribution in [-0.4, -0.2) is 25.6 Å². The maximum Gasteiger partial charge on any atom is 0.231 e. The van der Waals surface area contributed by atoms with Gasteiger partial charge in [0.2, 0.25) is 6.79 Å². The normalized spacial score (nSPS) is 14.6. The van der Waals surface area contributed by atoms with Crippen LogP contribution < -0.4 is 23.7 Å². The minimum Gasteiger partial charge on any atom is -0.487 e. The predicted octanol–water partition coefficient (Wildman–Crippen LogP) is 15.6. The van der Waals surface area contributed by atoms with Crippen LogP contribution in [0.5, 0.6) is 28.7 Å². The van der Waals surface area contributed by atoms with Gasteiger partial charge in [-0.2, -0.15) is 0 Å². The Balaban J connectivity index is 0.000000121. The van der Waals surface area contributed by atoms with Gasteiger partial charge in [0.15, 0.2) is 23.0 Å². The molecule has 2 aliphatic carbocycles. The number of hydrogen-bond acceptors (Lipinski definition) is 6. The fourth-order valence-electron chi connectivity index (χ4n) is 9.12. The smallest absolute Gasteiger partial charge is 0.231 e. The summed E-state index contributed by atoms with van der Waals surface area (Å²) in [5.41, 5.74) is 21.7. The predicted molar refractivity (Wildman–Crippen MR) is 281 cm³/mol. The quantitative estimate of drug-likeness (QED) is 0.151. The van der Waals surface area contributed by atoms with Crippen LogP contribution in [0.25, 0.3) is 17.0 Å². The molecular formula is C62H72O6. The van der Waals surface area contributed by atoms with E-state index in [-0.39, 0.29) is 5.60 Å². The molecule has 12 rings (SSSR count). The van der Waals surface area contributed by atoms with E-state index in [0.717, 1.165) is 53.6 Å². The molecule has 68 heavy (non-hydrogen) atoms. The summed E-state index contributed by atoms with van der Waals surface area (Å²) in [4.78, 5) is 0. The molecule has 7 aromatic rings. The number of para-hydroxylation sites is 2. The molecule has 0 saturated heterocycles. The number of fused-ring (bicyclic) bond motifs is 6. The molecule has 3 aliphatic heterocycles.